The van der Waals surface area contributed by atoms with E-state index in [0.717, 1.165) is 4.90 Å². The van der Waals surface area contributed by atoms with Crippen LogP contribution in [0.15, 0.2) is 46.8 Å². The maximum absolute atomic E-state index is 13.2. The van der Waals surface area contributed by atoms with E-state index in [1.54, 1.807) is 6.20 Å². The summed E-state index contributed by atoms with van der Waals surface area (Å²) in [6.07, 6.45) is 1.55. The van der Waals surface area contributed by atoms with Gasteiger partial charge in [-0.05, 0) is 23.3 Å². The first-order valence-corrected chi connectivity index (χ1v) is 12.0. The number of carboxylic acid groups (broad SMARTS) is 2. The molecule has 4 rings (SSSR count). The number of benzene rings is 1. The van der Waals surface area contributed by atoms with E-state index >= 15 is 0 Å². The normalized spacial score (nSPS) is 22.3. The predicted octanol–water partition coefficient (Wildman–Crippen LogP) is 0.184. The summed E-state index contributed by atoms with van der Waals surface area (Å²) >= 11 is 2.43. The van der Waals surface area contributed by atoms with Crippen molar-refractivity contribution < 1.29 is 39.2 Å². The molecular formula is C20H19N5O8S2. The molecule has 1 saturated heterocycles. The highest BCUT2D eigenvalue weighted by molar-refractivity contribution is 8.01. The minimum Gasteiger partial charge on any atom is -0.508 e. The number of aromatic hydroxyl groups is 1. The van der Waals surface area contributed by atoms with Gasteiger partial charge >= 0.3 is 11.9 Å². The Morgan fingerprint density at radius 2 is 2.06 bits per heavy atom. The number of ether oxygens (including phenoxy) is 1. The van der Waals surface area contributed by atoms with E-state index in [1.165, 1.54) is 54.9 Å². The van der Waals surface area contributed by atoms with Crippen LogP contribution in [-0.2, 0) is 23.9 Å². The van der Waals surface area contributed by atoms with Crippen molar-refractivity contribution in [3.8, 4) is 5.75 Å². The minimum atomic E-state index is -1.95. The largest absolute Gasteiger partial charge is 0.508 e. The number of H-pyrrole nitrogens is 1. The first-order chi connectivity index (χ1) is 16.7. The third-order valence-corrected chi connectivity index (χ3v) is 7.83. The molecule has 3 atom stereocenters. The number of carboxylic acids is 2. The molecule has 3 heterocycles. The molecule has 1 unspecified atom stereocenters. The molecule has 0 saturated carbocycles. The van der Waals surface area contributed by atoms with E-state index in [9.17, 15) is 34.5 Å². The Bertz CT molecular complexity index is 1200. The van der Waals surface area contributed by atoms with E-state index in [2.05, 4.69) is 20.7 Å². The Balaban J connectivity index is 1.58. The number of phenols is 1. The highest BCUT2D eigenvalue weighted by Gasteiger charge is 2.67. The van der Waals surface area contributed by atoms with Crippen LogP contribution in [0, 0.1) is 0 Å². The third kappa shape index (κ3) is 4.33. The molecule has 2 aliphatic rings. The standard InChI is InChI=1S/C20H19N5O8S2/c1-33-20(22-15(27)13(16(28)29)9-2-4-11(26)5-3-9)18(32)25-14(17(30)31)10(8-35-19(20)25)7-34-12-6-21-24-23-12/h2-6,13,19,26H,7-8H2,1H3,(H,22,27)(H,28,29)(H,30,31)(H,21,23,24)/t13?,19-,20-/m0/s1. The molecule has 2 amide bonds. The van der Waals surface area contributed by atoms with Crippen LogP contribution in [0.25, 0.3) is 0 Å². The molecule has 13 nitrogen and oxygen atoms in total. The summed E-state index contributed by atoms with van der Waals surface area (Å²) in [5, 5.41) is 40.9. The number of nitrogens with one attached hydrogen (secondary N) is 2. The second-order valence-corrected chi connectivity index (χ2v) is 9.55. The van der Waals surface area contributed by atoms with Gasteiger partial charge in [-0.25, -0.2) is 4.79 Å². The molecule has 0 aliphatic carbocycles. The van der Waals surface area contributed by atoms with Gasteiger partial charge in [0.05, 0.1) is 6.20 Å². The van der Waals surface area contributed by atoms with Crippen molar-refractivity contribution >= 4 is 47.3 Å². The number of thioether (sulfide) groups is 2. The number of aromatic nitrogens is 3. The monoisotopic (exact) mass is 521 g/mol. The maximum atomic E-state index is 13.2. The van der Waals surface area contributed by atoms with Crippen LogP contribution >= 0.6 is 23.5 Å². The zero-order valence-corrected chi connectivity index (χ0v) is 19.6. The fraction of sp³-hybridized carbons (Fsp3) is 0.300. The number of carbonyl (C=O) groups excluding carboxylic acids is 2. The van der Waals surface area contributed by atoms with Gasteiger partial charge in [0.25, 0.3) is 11.6 Å². The van der Waals surface area contributed by atoms with Crippen LogP contribution < -0.4 is 5.32 Å². The fourth-order valence-corrected chi connectivity index (χ4v) is 6.17. The van der Waals surface area contributed by atoms with E-state index in [4.69, 9.17) is 4.74 Å². The summed E-state index contributed by atoms with van der Waals surface area (Å²) in [6.45, 7) is 0. The van der Waals surface area contributed by atoms with Crippen molar-refractivity contribution in [3.05, 3.63) is 47.3 Å². The molecule has 2 aliphatic heterocycles. The molecule has 184 valence electrons. The van der Waals surface area contributed by atoms with Crippen LogP contribution in [0.2, 0.25) is 0 Å². The highest BCUT2D eigenvalue weighted by Crippen LogP contribution is 2.47. The van der Waals surface area contributed by atoms with Crippen LogP contribution in [0.1, 0.15) is 11.5 Å². The number of nitrogens with zero attached hydrogens (tertiary/aromatic N) is 3. The van der Waals surface area contributed by atoms with Crippen molar-refractivity contribution in [2.75, 3.05) is 18.6 Å². The summed E-state index contributed by atoms with van der Waals surface area (Å²) in [5.41, 5.74) is -1.61. The van der Waals surface area contributed by atoms with Crippen LogP contribution in [0.4, 0.5) is 0 Å². The van der Waals surface area contributed by atoms with Crippen LogP contribution in [0.5, 0.6) is 5.75 Å². The molecule has 15 heteroatoms. The lowest BCUT2D eigenvalue weighted by molar-refractivity contribution is -0.193. The molecular weight excluding hydrogens is 502 g/mol. The number of hydrogen-bond donors (Lipinski definition) is 5. The number of rotatable bonds is 9. The Morgan fingerprint density at radius 1 is 1.34 bits per heavy atom. The number of methoxy groups -OCH3 is 1. The van der Waals surface area contributed by atoms with Crippen molar-refractivity contribution in [2.24, 2.45) is 0 Å². The number of β-lactam (4-membered cyclic amide) rings is 1. The fourth-order valence-electron chi connectivity index (χ4n) is 3.81. The van der Waals surface area contributed by atoms with Gasteiger partial charge in [-0.1, -0.05) is 29.1 Å². The Kier molecular flexibility index (Phi) is 6.73. The molecule has 1 aromatic heterocycles. The predicted molar refractivity (Wildman–Crippen MR) is 121 cm³/mol. The molecule has 5 N–H and O–H groups in total. The highest BCUT2D eigenvalue weighted by atomic mass is 32.2. The van der Waals surface area contributed by atoms with Crippen molar-refractivity contribution in [2.45, 2.75) is 22.0 Å². The SMILES string of the molecule is CO[C@@]1(NC(=O)C(C(=O)O)c2ccc(O)cc2)C(=O)N2C(C(=O)O)=C(CSc3c[nH]nn3)CS[C@H]21. The molecule has 0 bridgehead atoms. The zero-order chi connectivity index (χ0) is 25.3. The zero-order valence-electron chi connectivity index (χ0n) is 18.0. The first-order valence-electron chi connectivity index (χ1n) is 9.98. The van der Waals surface area contributed by atoms with E-state index in [0.29, 0.717) is 10.6 Å². The minimum absolute atomic E-state index is 0.0808. The second kappa shape index (κ2) is 9.59. The smallest absolute Gasteiger partial charge is 0.352 e. The van der Waals surface area contributed by atoms with E-state index in [1.807, 2.05) is 0 Å². The van der Waals surface area contributed by atoms with Gasteiger partial charge in [-0.15, -0.1) is 16.9 Å². The van der Waals surface area contributed by atoms with Crippen molar-refractivity contribution in [1.29, 1.82) is 0 Å². The topological polar surface area (TPSA) is 195 Å². The summed E-state index contributed by atoms with van der Waals surface area (Å²) in [7, 11) is 1.17. The van der Waals surface area contributed by atoms with Gasteiger partial charge < -0.3 is 25.4 Å². The number of fused-ring (bicyclic) bond motifs is 1. The van der Waals surface area contributed by atoms with Crippen molar-refractivity contribution in [3.63, 3.8) is 0 Å². The molecule has 1 fully saturated rings. The van der Waals surface area contributed by atoms with Crippen molar-refractivity contribution in [1.82, 2.24) is 25.6 Å². The molecule has 1 aromatic carbocycles. The van der Waals surface area contributed by atoms with Gasteiger partial charge in [0.15, 0.2) is 5.92 Å². The maximum Gasteiger partial charge on any atom is 0.352 e. The number of aromatic amines is 1. The first kappa shape index (κ1) is 24.6. The summed E-state index contributed by atoms with van der Waals surface area (Å²) in [6, 6.07) is 5.03. The van der Waals surface area contributed by atoms with Gasteiger partial charge in [-0.2, -0.15) is 0 Å². The Hall–Kier alpha value is -3.56. The quantitative estimate of drug-likeness (QED) is 0.130. The average molecular weight is 522 g/mol. The average Bonchev–Trinajstić information content (AvgIpc) is 3.35. The summed E-state index contributed by atoms with van der Waals surface area (Å²) < 4.78 is 5.37. The number of hydrogen-bond acceptors (Lipinski definition) is 10. The van der Waals surface area contributed by atoms with Gasteiger partial charge in [0.2, 0.25) is 5.91 Å². The van der Waals surface area contributed by atoms with Gasteiger partial charge in [0.1, 0.15) is 21.8 Å². The number of phenolic OH excluding ortho intramolecular Hbond substituents is 1. The Labute approximate surface area is 205 Å². The second-order valence-electron chi connectivity index (χ2n) is 7.49. The molecule has 35 heavy (non-hydrogen) atoms. The molecule has 0 radical (unpaired) electrons. The lowest BCUT2D eigenvalue weighted by Crippen LogP contribution is -2.81. The number of carbonyl (C=O) groups is 4. The van der Waals surface area contributed by atoms with Gasteiger partial charge in [0, 0.05) is 18.6 Å². The Morgan fingerprint density at radius 3 is 2.63 bits per heavy atom. The summed E-state index contributed by atoms with van der Waals surface area (Å²) in [5.74, 6) is -5.98. The number of amides is 2. The van der Waals surface area contributed by atoms with E-state index in [-0.39, 0.29) is 28.5 Å². The van der Waals surface area contributed by atoms with Crippen LogP contribution in [-0.4, -0.2) is 89.1 Å². The van der Waals surface area contributed by atoms with Crippen LogP contribution in [0.3, 0.4) is 0 Å². The molecule has 0 spiro atoms. The molecule has 2 aromatic rings. The van der Waals surface area contributed by atoms with E-state index < -0.39 is 40.8 Å². The lowest BCUT2D eigenvalue weighted by atomic mass is 9.94. The lowest BCUT2D eigenvalue weighted by Gasteiger charge is -2.56. The number of aliphatic carboxylic acids is 2. The third-order valence-electron chi connectivity index (χ3n) is 5.47. The summed E-state index contributed by atoms with van der Waals surface area (Å²) in [4.78, 5) is 51.2. The van der Waals surface area contributed by atoms with Gasteiger partial charge in [-0.3, -0.25) is 24.4 Å².